The second-order valence-electron chi connectivity index (χ2n) is 17.4. The van der Waals surface area contributed by atoms with Crippen LogP contribution in [0.1, 0.15) is 90.4 Å². The minimum Gasteiger partial charge on any atom is -0.394 e. The molecule has 0 aromatic carbocycles. The van der Waals surface area contributed by atoms with E-state index in [4.69, 9.17) is 42.6 Å². The maximum absolute atomic E-state index is 14.0. The van der Waals surface area contributed by atoms with E-state index in [2.05, 4.69) is 20.1 Å². The molecule has 0 aliphatic carbocycles. The zero-order chi connectivity index (χ0) is 35.9. The number of carbonyl (C=O) groups is 1. The van der Waals surface area contributed by atoms with E-state index in [1.165, 1.54) is 0 Å². The van der Waals surface area contributed by atoms with Crippen molar-refractivity contribution >= 4 is 5.78 Å². The van der Waals surface area contributed by atoms with Gasteiger partial charge in [0.15, 0.2) is 5.79 Å². The van der Waals surface area contributed by atoms with Crippen molar-refractivity contribution in [1.82, 2.24) is 0 Å². The number of aliphatic hydroxyl groups is 2. The fourth-order valence-corrected chi connectivity index (χ4v) is 11.3. The Kier molecular flexibility index (Phi) is 10.0. The molecule has 290 valence electrons. The molecular formula is C40H58O12. The molecule has 19 atom stereocenters. The van der Waals surface area contributed by atoms with Gasteiger partial charge in [0.05, 0.1) is 73.8 Å². The fourth-order valence-electron chi connectivity index (χ4n) is 11.3. The summed E-state index contributed by atoms with van der Waals surface area (Å²) in [6, 6.07) is 0. The summed E-state index contributed by atoms with van der Waals surface area (Å²) in [7, 11) is 1.63. The Morgan fingerprint density at radius 3 is 2.37 bits per heavy atom. The molecule has 0 aromatic rings. The Bertz CT molecular complexity index is 1370. The minimum absolute atomic E-state index is 0.0260. The van der Waals surface area contributed by atoms with Crippen LogP contribution in [0.25, 0.3) is 0 Å². The van der Waals surface area contributed by atoms with E-state index in [1.807, 2.05) is 0 Å². The molecule has 10 aliphatic rings. The lowest BCUT2D eigenvalue weighted by Crippen LogP contribution is -2.61. The molecule has 52 heavy (non-hydrogen) atoms. The van der Waals surface area contributed by atoms with Crippen LogP contribution in [0, 0.1) is 11.8 Å². The molecular weight excluding hydrogens is 672 g/mol. The summed E-state index contributed by atoms with van der Waals surface area (Å²) in [4.78, 5) is 14.0. The second-order valence-corrected chi connectivity index (χ2v) is 17.4. The smallest absolute Gasteiger partial charge is 0.172 e. The number of ketones is 1. The van der Waals surface area contributed by atoms with Gasteiger partial charge in [-0.1, -0.05) is 20.1 Å². The molecule has 0 saturated carbocycles. The lowest BCUT2D eigenvalue weighted by molar-refractivity contribution is -0.292. The number of carbonyl (C=O) groups excluding carboxylic acids is 1. The average Bonchev–Trinajstić information content (AvgIpc) is 3.79. The highest BCUT2D eigenvalue weighted by atomic mass is 16.8. The van der Waals surface area contributed by atoms with Crippen LogP contribution in [0.3, 0.4) is 0 Å². The molecule has 10 fully saturated rings. The third-order valence-electron chi connectivity index (χ3n) is 13.9. The molecule has 0 amide bonds. The van der Waals surface area contributed by atoms with Gasteiger partial charge in [0.25, 0.3) is 0 Å². The van der Waals surface area contributed by atoms with Crippen molar-refractivity contribution in [2.75, 3.05) is 13.7 Å². The fraction of sp³-hybridized carbons (Fsp3) is 0.875. The molecule has 2 N–H and O–H groups in total. The highest BCUT2D eigenvalue weighted by molar-refractivity contribution is 5.79. The summed E-state index contributed by atoms with van der Waals surface area (Å²) in [5.74, 6) is -0.709. The summed E-state index contributed by atoms with van der Waals surface area (Å²) in [6.07, 6.45) is 4.01. The largest absolute Gasteiger partial charge is 0.394 e. The highest BCUT2D eigenvalue weighted by Crippen LogP contribution is 2.54. The number of fused-ring (bicyclic) bond motifs is 6. The van der Waals surface area contributed by atoms with Crippen molar-refractivity contribution in [3.63, 3.8) is 0 Å². The van der Waals surface area contributed by atoms with Crippen molar-refractivity contribution in [3.05, 3.63) is 24.3 Å². The molecule has 12 bridgehead atoms. The molecule has 10 heterocycles. The normalized spacial score (nSPS) is 52.4. The molecule has 10 saturated heterocycles. The number of rotatable bonds is 4. The zero-order valence-corrected chi connectivity index (χ0v) is 30.7. The summed E-state index contributed by atoms with van der Waals surface area (Å²) >= 11 is 0. The average molecular weight is 731 g/mol. The number of hydrogen-bond donors (Lipinski definition) is 2. The van der Waals surface area contributed by atoms with Crippen LogP contribution in [0.15, 0.2) is 24.3 Å². The van der Waals surface area contributed by atoms with Crippen LogP contribution >= 0.6 is 0 Å². The highest BCUT2D eigenvalue weighted by Gasteiger charge is 2.68. The molecule has 10 rings (SSSR count). The van der Waals surface area contributed by atoms with Gasteiger partial charge in [0, 0.05) is 51.6 Å². The monoisotopic (exact) mass is 730 g/mol. The molecule has 1 spiro atoms. The van der Waals surface area contributed by atoms with Gasteiger partial charge in [-0.05, 0) is 62.0 Å². The Labute approximate surface area is 306 Å². The van der Waals surface area contributed by atoms with E-state index >= 15 is 0 Å². The first kappa shape index (κ1) is 36.4. The predicted octanol–water partition coefficient (Wildman–Crippen LogP) is 3.47. The first-order valence-corrected chi connectivity index (χ1v) is 20.1. The molecule has 10 aliphatic heterocycles. The topological polar surface area (TPSA) is 141 Å². The molecule has 0 aromatic heterocycles. The van der Waals surface area contributed by atoms with Crippen LogP contribution in [0.5, 0.6) is 0 Å². The number of ether oxygens (including phenoxy) is 9. The van der Waals surface area contributed by atoms with E-state index in [1.54, 1.807) is 7.11 Å². The van der Waals surface area contributed by atoms with E-state index in [-0.39, 0.29) is 123 Å². The van der Waals surface area contributed by atoms with E-state index in [9.17, 15) is 15.0 Å². The Hall–Kier alpha value is -1.29. The Morgan fingerprint density at radius 1 is 0.788 bits per heavy atom. The van der Waals surface area contributed by atoms with Gasteiger partial charge in [0.2, 0.25) is 0 Å². The zero-order valence-electron chi connectivity index (χ0n) is 30.7. The van der Waals surface area contributed by atoms with Gasteiger partial charge in [-0.15, -0.1) is 0 Å². The maximum atomic E-state index is 14.0. The third-order valence-corrected chi connectivity index (χ3v) is 13.9. The first-order valence-electron chi connectivity index (χ1n) is 20.1. The van der Waals surface area contributed by atoms with Crippen LogP contribution in [-0.4, -0.2) is 133 Å². The van der Waals surface area contributed by atoms with Gasteiger partial charge < -0.3 is 52.8 Å². The Morgan fingerprint density at radius 2 is 1.54 bits per heavy atom. The van der Waals surface area contributed by atoms with Crippen molar-refractivity contribution in [3.8, 4) is 0 Å². The lowest BCUT2D eigenvalue weighted by Gasteiger charge is -2.47. The first-order chi connectivity index (χ1) is 25.1. The number of hydrogen-bond acceptors (Lipinski definition) is 12. The van der Waals surface area contributed by atoms with Crippen molar-refractivity contribution < 1.29 is 57.6 Å². The predicted molar refractivity (Wildman–Crippen MR) is 184 cm³/mol. The summed E-state index contributed by atoms with van der Waals surface area (Å²) in [5, 5.41) is 20.1. The molecule has 12 nitrogen and oxygen atoms in total. The van der Waals surface area contributed by atoms with E-state index in [0.717, 1.165) is 49.7 Å². The standard InChI is InChI=1S/C40H58O12/c1-19-11-24-5-7-28-20(2)12-26(45-28)9-10-40-17-33-36(51-40)37-38(50-33)39(52-40)35-29(49-37)8-6-25(47-35)13-22(42)14-27-31(16-30(46-24)21(19)3)48-32(34(27)44-4)15-23(43)18-41/h19,23-39,41,43H,2-3,5-18H2,1,4H3/t19-,23+,24+,25?,26+,27+,28?,29+,30?,31+,32-,33-,34-,35+,36?,37+,38-,39+,40+/m1/s1. The van der Waals surface area contributed by atoms with Gasteiger partial charge in [-0.25, -0.2) is 0 Å². The van der Waals surface area contributed by atoms with Crippen LogP contribution < -0.4 is 0 Å². The van der Waals surface area contributed by atoms with Crippen molar-refractivity contribution in [2.45, 2.75) is 194 Å². The van der Waals surface area contributed by atoms with Crippen LogP contribution in [0.2, 0.25) is 0 Å². The molecule has 12 heteroatoms. The van der Waals surface area contributed by atoms with Crippen molar-refractivity contribution in [2.24, 2.45) is 11.8 Å². The summed E-state index contributed by atoms with van der Waals surface area (Å²) in [6.45, 7) is 10.7. The number of Topliss-reactive ketones (excluding diaryl/α,β-unsaturated/α-hetero) is 1. The minimum atomic E-state index is -0.951. The maximum Gasteiger partial charge on any atom is 0.172 e. The third kappa shape index (κ3) is 6.59. The SMILES string of the molecule is C=C1C[C@@H]2CC[C@@]34C[C@H]5O[C@H]6[C@@H](O3)[C@H]3OC(CC[C@@H]3O[C@H]6C5O4)CC(=O)C[C@@H]3[C@@H](OC)[C@@H](C[C@H](O)CO)O[C@H]3CC3O[C@@H](CCC1O2)C[C@@H](C)C3=C. The van der Waals surface area contributed by atoms with Gasteiger partial charge in [-0.2, -0.15) is 0 Å². The van der Waals surface area contributed by atoms with Gasteiger partial charge in [-0.3, -0.25) is 4.79 Å². The number of methoxy groups -OCH3 is 1. The van der Waals surface area contributed by atoms with Gasteiger partial charge in [0.1, 0.15) is 36.3 Å². The summed E-state index contributed by atoms with van der Waals surface area (Å²) < 4.78 is 59.8. The van der Waals surface area contributed by atoms with Gasteiger partial charge >= 0.3 is 0 Å². The quantitative estimate of drug-likeness (QED) is 0.410. The van der Waals surface area contributed by atoms with Crippen LogP contribution in [0.4, 0.5) is 0 Å². The second kappa shape index (κ2) is 14.3. The molecule has 0 radical (unpaired) electrons. The van der Waals surface area contributed by atoms with E-state index in [0.29, 0.717) is 25.7 Å². The summed E-state index contributed by atoms with van der Waals surface area (Å²) in [5.41, 5.74) is 2.17. The Balaban J connectivity index is 0.994. The van der Waals surface area contributed by atoms with Crippen molar-refractivity contribution in [1.29, 1.82) is 0 Å². The van der Waals surface area contributed by atoms with Crippen LogP contribution in [-0.2, 0) is 47.4 Å². The van der Waals surface area contributed by atoms with E-state index < -0.39 is 24.1 Å². The molecule has 4 unspecified atom stereocenters. The number of aliphatic hydroxyl groups excluding tert-OH is 2. The lowest BCUT2D eigenvalue weighted by atomic mass is 9.81.